The molecule has 2 aromatic carbocycles. The summed E-state index contributed by atoms with van der Waals surface area (Å²) >= 11 is 0. The summed E-state index contributed by atoms with van der Waals surface area (Å²) in [5.41, 5.74) is 1.18. The summed E-state index contributed by atoms with van der Waals surface area (Å²) in [6, 6.07) is 13.7. The van der Waals surface area contributed by atoms with Gasteiger partial charge in [-0.2, -0.15) is 0 Å². The molecule has 0 saturated heterocycles. The number of carbonyl (C=O) groups is 4. The molecule has 4 unspecified atom stereocenters. The molecule has 40 heavy (non-hydrogen) atoms. The first-order valence-corrected chi connectivity index (χ1v) is 13.2. The van der Waals surface area contributed by atoms with Crippen LogP contribution in [0.25, 0.3) is 0 Å². The van der Waals surface area contributed by atoms with E-state index in [1.54, 1.807) is 45.0 Å². The Balaban J connectivity index is 2.03. The average Bonchev–Trinajstić information content (AvgIpc) is 3.64. The predicted octanol–water partition coefficient (Wildman–Crippen LogP) is 3.37. The van der Waals surface area contributed by atoms with Gasteiger partial charge < -0.3 is 25.0 Å². The molecule has 4 atom stereocenters. The SMILES string of the molecule is C#Cc1ccc(C(C(=O)NCC(=O)OC)N(C(=O)C(Cc2ccccc2)NC(=O)OC(C)(C)C)C2CC2C)cc1. The molecular weight excluding hydrogens is 510 g/mol. The summed E-state index contributed by atoms with van der Waals surface area (Å²) < 4.78 is 10.1. The van der Waals surface area contributed by atoms with Crippen LogP contribution in [0.4, 0.5) is 4.79 Å². The van der Waals surface area contributed by atoms with Gasteiger partial charge in [0.1, 0.15) is 24.2 Å². The summed E-state index contributed by atoms with van der Waals surface area (Å²) in [5, 5.41) is 5.33. The number of hydrogen-bond acceptors (Lipinski definition) is 6. The molecule has 0 spiro atoms. The summed E-state index contributed by atoms with van der Waals surface area (Å²) in [6.07, 6.45) is 5.65. The van der Waals surface area contributed by atoms with E-state index < -0.39 is 41.6 Å². The minimum Gasteiger partial charge on any atom is -0.468 e. The van der Waals surface area contributed by atoms with Crippen LogP contribution in [-0.4, -0.2) is 60.1 Å². The fourth-order valence-electron chi connectivity index (χ4n) is 4.38. The quantitative estimate of drug-likeness (QED) is 0.348. The lowest BCUT2D eigenvalue weighted by molar-refractivity contribution is -0.145. The lowest BCUT2D eigenvalue weighted by atomic mass is 9.99. The lowest BCUT2D eigenvalue weighted by Gasteiger charge is -2.35. The second kappa shape index (κ2) is 13.2. The van der Waals surface area contributed by atoms with Crippen molar-refractivity contribution >= 4 is 23.9 Å². The third-order valence-electron chi connectivity index (χ3n) is 6.50. The average molecular weight is 548 g/mol. The van der Waals surface area contributed by atoms with Crippen molar-refractivity contribution in [3.05, 3.63) is 71.3 Å². The molecule has 0 bridgehead atoms. The first kappa shape index (κ1) is 30.2. The van der Waals surface area contributed by atoms with E-state index in [4.69, 9.17) is 11.2 Å². The van der Waals surface area contributed by atoms with Gasteiger partial charge in [-0.15, -0.1) is 6.42 Å². The highest BCUT2D eigenvalue weighted by atomic mass is 16.6. The van der Waals surface area contributed by atoms with Crippen molar-refractivity contribution in [2.45, 2.75) is 64.3 Å². The van der Waals surface area contributed by atoms with Crippen LogP contribution in [0, 0.1) is 18.3 Å². The van der Waals surface area contributed by atoms with Crippen molar-refractivity contribution in [2.24, 2.45) is 5.92 Å². The molecule has 3 amide bonds. The molecule has 9 nitrogen and oxygen atoms in total. The van der Waals surface area contributed by atoms with E-state index in [0.29, 0.717) is 17.5 Å². The maximum Gasteiger partial charge on any atom is 0.408 e. The van der Waals surface area contributed by atoms with Crippen molar-refractivity contribution < 1.29 is 28.7 Å². The number of nitrogens with zero attached hydrogens (tertiary/aromatic N) is 1. The molecule has 2 aromatic rings. The number of nitrogens with one attached hydrogen (secondary N) is 2. The van der Waals surface area contributed by atoms with Crippen LogP contribution in [0.2, 0.25) is 0 Å². The number of terminal acetylenes is 1. The normalized spacial score (nSPS) is 17.4. The highest BCUT2D eigenvalue weighted by molar-refractivity contribution is 5.93. The van der Waals surface area contributed by atoms with Gasteiger partial charge in [0, 0.05) is 18.0 Å². The molecular formula is C31H37N3O6. The lowest BCUT2D eigenvalue weighted by Crippen LogP contribution is -2.55. The number of methoxy groups -OCH3 is 1. The molecule has 3 rings (SSSR count). The van der Waals surface area contributed by atoms with E-state index in [-0.39, 0.29) is 24.9 Å². The number of rotatable bonds is 10. The van der Waals surface area contributed by atoms with Gasteiger partial charge in [-0.05, 0) is 56.4 Å². The van der Waals surface area contributed by atoms with Gasteiger partial charge in [0.05, 0.1) is 7.11 Å². The molecule has 1 fully saturated rings. The maximum atomic E-state index is 14.4. The van der Waals surface area contributed by atoms with E-state index in [1.165, 1.54) is 12.0 Å². The molecule has 1 saturated carbocycles. The van der Waals surface area contributed by atoms with Crippen LogP contribution in [0.15, 0.2) is 54.6 Å². The number of ether oxygens (including phenoxy) is 2. The van der Waals surface area contributed by atoms with Gasteiger partial charge in [0.25, 0.3) is 0 Å². The third kappa shape index (κ3) is 8.34. The van der Waals surface area contributed by atoms with Gasteiger partial charge in [0.2, 0.25) is 11.8 Å². The molecule has 1 aliphatic rings. The zero-order valence-electron chi connectivity index (χ0n) is 23.6. The van der Waals surface area contributed by atoms with E-state index in [2.05, 4.69) is 21.3 Å². The first-order chi connectivity index (χ1) is 18.9. The van der Waals surface area contributed by atoms with E-state index in [1.807, 2.05) is 37.3 Å². The Bertz CT molecular complexity index is 1250. The topological polar surface area (TPSA) is 114 Å². The summed E-state index contributed by atoms with van der Waals surface area (Å²) in [7, 11) is 1.22. The standard InChI is InChI=1S/C31H37N3O6/c1-7-21-13-15-23(16-14-21)27(28(36)32-19-26(35)39-6)34(25-17-20(25)2)29(37)24(18-22-11-9-8-10-12-22)33-30(38)40-31(3,4)5/h1,8-16,20,24-25,27H,17-19H2,2-6H3,(H,32,36)(H,33,38). The van der Waals surface area contributed by atoms with Crippen molar-refractivity contribution in [2.75, 3.05) is 13.7 Å². The molecule has 212 valence electrons. The van der Waals surface area contributed by atoms with Crippen LogP contribution >= 0.6 is 0 Å². The molecule has 0 aromatic heterocycles. The first-order valence-electron chi connectivity index (χ1n) is 13.2. The number of alkyl carbamates (subject to hydrolysis) is 1. The van der Waals surface area contributed by atoms with Crippen LogP contribution < -0.4 is 10.6 Å². The van der Waals surface area contributed by atoms with E-state index in [0.717, 1.165) is 5.56 Å². The Morgan fingerprint density at radius 3 is 2.23 bits per heavy atom. The van der Waals surface area contributed by atoms with Crippen LogP contribution in [0.3, 0.4) is 0 Å². The fourth-order valence-corrected chi connectivity index (χ4v) is 4.38. The zero-order valence-corrected chi connectivity index (χ0v) is 23.6. The molecule has 0 radical (unpaired) electrons. The van der Waals surface area contributed by atoms with Gasteiger partial charge >= 0.3 is 12.1 Å². The minimum atomic E-state index is -1.09. The van der Waals surface area contributed by atoms with Crippen molar-refractivity contribution in [1.29, 1.82) is 0 Å². The number of amides is 3. The zero-order chi connectivity index (χ0) is 29.4. The molecule has 0 aliphatic heterocycles. The van der Waals surface area contributed by atoms with Crippen molar-refractivity contribution in [3.63, 3.8) is 0 Å². The molecule has 9 heteroatoms. The number of hydrogen-bond donors (Lipinski definition) is 2. The summed E-state index contributed by atoms with van der Waals surface area (Å²) in [5.74, 6) is 1.06. The predicted molar refractivity (Wildman–Crippen MR) is 150 cm³/mol. The fraction of sp³-hybridized carbons (Fsp3) is 0.419. The van der Waals surface area contributed by atoms with Crippen LogP contribution in [0.5, 0.6) is 0 Å². The largest absolute Gasteiger partial charge is 0.468 e. The van der Waals surface area contributed by atoms with E-state index in [9.17, 15) is 19.2 Å². The molecule has 1 aliphatic carbocycles. The number of carbonyl (C=O) groups excluding carboxylic acids is 4. The third-order valence-corrected chi connectivity index (χ3v) is 6.50. The Labute approximate surface area is 235 Å². The summed E-state index contributed by atoms with van der Waals surface area (Å²) in [4.78, 5) is 54.2. The van der Waals surface area contributed by atoms with Gasteiger partial charge in [0.15, 0.2) is 0 Å². The number of esters is 1. The van der Waals surface area contributed by atoms with Crippen molar-refractivity contribution in [1.82, 2.24) is 15.5 Å². The molecule has 2 N–H and O–H groups in total. The smallest absolute Gasteiger partial charge is 0.408 e. The summed E-state index contributed by atoms with van der Waals surface area (Å²) in [6.45, 7) is 6.84. The monoisotopic (exact) mass is 547 g/mol. The maximum absolute atomic E-state index is 14.4. The Morgan fingerprint density at radius 2 is 1.70 bits per heavy atom. The second-order valence-corrected chi connectivity index (χ2v) is 10.9. The highest BCUT2D eigenvalue weighted by Crippen LogP contribution is 2.41. The highest BCUT2D eigenvalue weighted by Gasteiger charge is 2.48. The van der Waals surface area contributed by atoms with Gasteiger partial charge in [-0.1, -0.05) is 55.3 Å². The second-order valence-electron chi connectivity index (χ2n) is 10.9. The van der Waals surface area contributed by atoms with Gasteiger partial charge in [-0.3, -0.25) is 14.4 Å². The Kier molecular flexibility index (Phi) is 9.94. The van der Waals surface area contributed by atoms with Crippen LogP contribution in [0.1, 0.15) is 56.8 Å². The Morgan fingerprint density at radius 1 is 1.07 bits per heavy atom. The minimum absolute atomic E-state index is 0.128. The van der Waals surface area contributed by atoms with Gasteiger partial charge in [-0.25, -0.2) is 4.79 Å². The van der Waals surface area contributed by atoms with Crippen molar-refractivity contribution in [3.8, 4) is 12.3 Å². The number of benzene rings is 2. The Hall–Kier alpha value is -4.32. The van der Waals surface area contributed by atoms with Crippen LogP contribution in [-0.2, 0) is 30.3 Å². The van der Waals surface area contributed by atoms with E-state index >= 15 is 0 Å². The molecule has 0 heterocycles.